The molecule has 108 valence electrons. The van der Waals surface area contributed by atoms with Crippen molar-refractivity contribution >= 4 is 21.8 Å². The van der Waals surface area contributed by atoms with Gasteiger partial charge in [-0.3, -0.25) is 14.2 Å². The quantitative estimate of drug-likeness (QED) is 0.817. The Morgan fingerprint density at radius 2 is 2.35 bits per heavy atom. The molecule has 0 radical (unpaired) electrons. The summed E-state index contributed by atoms with van der Waals surface area (Å²) in [7, 11) is 0. The Hall–Kier alpha value is -1.63. The Kier molecular flexibility index (Phi) is 4.94. The molecule has 0 fully saturated rings. The van der Waals surface area contributed by atoms with Gasteiger partial charge in [0.2, 0.25) is 5.91 Å². The van der Waals surface area contributed by atoms with Gasteiger partial charge in [0.05, 0.1) is 16.4 Å². The van der Waals surface area contributed by atoms with Crippen LogP contribution in [0.5, 0.6) is 0 Å². The van der Waals surface area contributed by atoms with Gasteiger partial charge in [0, 0.05) is 25.5 Å². The maximum absolute atomic E-state index is 12.0. The molecule has 1 N–H and O–H groups in total. The summed E-state index contributed by atoms with van der Waals surface area (Å²) in [5.41, 5.74) is 1.01. The molecule has 2 rings (SSSR count). The Morgan fingerprint density at radius 3 is 2.95 bits per heavy atom. The van der Waals surface area contributed by atoms with Crippen molar-refractivity contribution in [3.63, 3.8) is 0 Å². The second-order valence-electron chi connectivity index (χ2n) is 4.68. The van der Waals surface area contributed by atoms with Crippen molar-refractivity contribution in [2.45, 2.75) is 32.9 Å². The largest absolute Gasteiger partial charge is 0.354 e. The molecular formula is C13H18BrN5O. The van der Waals surface area contributed by atoms with Gasteiger partial charge in [-0.2, -0.15) is 10.2 Å². The van der Waals surface area contributed by atoms with Gasteiger partial charge in [-0.05, 0) is 42.3 Å². The van der Waals surface area contributed by atoms with Gasteiger partial charge < -0.3 is 5.32 Å². The molecule has 0 aliphatic heterocycles. The topological polar surface area (TPSA) is 64.7 Å². The summed E-state index contributed by atoms with van der Waals surface area (Å²) in [6, 6.07) is 1.66. The lowest BCUT2D eigenvalue weighted by molar-refractivity contribution is -0.124. The highest BCUT2D eigenvalue weighted by Crippen LogP contribution is 2.11. The van der Waals surface area contributed by atoms with Crippen LogP contribution in [-0.2, 0) is 11.3 Å². The second-order valence-corrected chi connectivity index (χ2v) is 5.59. The molecule has 0 saturated carbocycles. The van der Waals surface area contributed by atoms with Crippen molar-refractivity contribution < 1.29 is 4.79 Å². The van der Waals surface area contributed by atoms with Crippen molar-refractivity contribution in [2.75, 3.05) is 6.54 Å². The van der Waals surface area contributed by atoms with Crippen LogP contribution < -0.4 is 5.32 Å². The van der Waals surface area contributed by atoms with Gasteiger partial charge in [0.15, 0.2) is 0 Å². The molecule has 0 aliphatic rings. The summed E-state index contributed by atoms with van der Waals surface area (Å²) >= 11 is 3.32. The number of halogens is 1. The predicted molar refractivity (Wildman–Crippen MR) is 79.2 cm³/mol. The zero-order valence-electron chi connectivity index (χ0n) is 11.6. The van der Waals surface area contributed by atoms with E-state index in [9.17, 15) is 4.79 Å². The number of nitrogens with one attached hydrogen (secondary N) is 1. The zero-order chi connectivity index (χ0) is 14.5. The first kappa shape index (κ1) is 14.8. The minimum absolute atomic E-state index is 0.0303. The monoisotopic (exact) mass is 339 g/mol. The standard InChI is InChI=1S/C13H18BrN5O/c1-10-4-7-18(17-10)6-3-5-15-13(20)11(2)19-9-12(14)8-16-19/h4,7-9,11H,3,5-6H2,1-2H3,(H,15,20). The number of hydrogen-bond acceptors (Lipinski definition) is 3. The number of rotatable bonds is 6. The SMILES string of the molecule is Cc1ccn(CCCNC(=O)C(C)n2cc(Br)cn2)n1. The van der Waals surface area contributed by atoms with Crippen molar-refractivity contribution in [1.82, 2.24) is 24.9 Å². The van der Waals surface area contributed by atoms with E-state index in [4.69, 9.17) is 0 Å². The Bertz CT molecular complexity index is 577. The molecule has 20 heavy (non-hydrogen) atoms. The van der Waals surface area contributed by atoms with Crippen molar-refractivity contribution in [3.8, 4) is 0 Å². The van der Waals surface area contributed by atoms with Crippen LogP contribution in [0.3, 0.4) is 0 Å². The van der Waals surface area contributed by atoms with Crippen molar-refractivity contribution in [3.05, 3.63) is 34.8 Å². The molecule has 0 saturated heterocycles. The van der Waals surface area contributed by atoms with E-state index in [0.717, 1.165) is 23.1 Å². The molecule has 2 aromatic heterocycles. The fourth-order valence-corrected chi connectivity index (χ4v) is 2.14. The number of hydrogen-bond donors (Lipinski definition) is 1. The summed E-state index contributed by atoms with van der Waals surface area (Å²) in [6.45, 7) is 5.22. The van der Waals surface area contributed by atoms with E-state index in [1.807, 2.05) is 30.8 Å². The van der Waals surface area contributed by atoms with Crippen LogP contribution in [0.2, 0.25) is 0 Å². The van der Waals surface area contributed by atoms with Crippen LogP contribution in [0, 0.1) is 6.92 Å². The summed E-state index contributed by atoms with van der Waals surface area (Å²) < 4.78 is 4.39. The molecular weight excluding hydrogens is 322 g/mol. The molecule has 2 heterocycles. The molecule has 6 nitrogen and oxygen atoms in total. The van der Waals surface area contributed by atoms with E-state index in [0.29, 0.717) is 6.54 Å². The highest BCUT2D eigenvalue weighted by Gasteiger charge is 2.14. The smallest absolute Gasteiger partial charge is 0.244 e. The van der Waals surface area contributed by atoms with E-state index < -0.39 is 0 Å². The van der Waals surface area contributed by atoms with Crippen LogP contribution >= 0.6 is 15.9 Å². The van der Waals surface area contributed by atoms with Crippen LogP contribution in [0.4, 0.5) is 0 Å². The number of nitrogens with zero attached hydrogens (tertiary/aromatic N) is 4. The maximum atomic E-state index is 12.0. The summed E-state index contributed by atoms with van der Waals surface area (Å²) in [4.78, 5) is 12.0. The molecule has 1 amide bonds. The Balaban J connectivity index is 1.72. The second kappa shape index (κ2) is 6.69. The molecule has 0 bridgehead atoms. The van der Waals surface area contributed by atoms with Crippen molar-refractivity contribution in [1.29, 1.82) is 0 Å². The average molecular weight is 340 g/mol. The predicted octanol–water partition coefficient (Wildman–Crippen LogP) is 1.92. The Morgan fingerprint density at radius 1 is 1.55 bits per heavy atom. The summed E-state index contributed by atoms with van der Waals surface area (Å²) in [6.07, 6.45) is 6.25. The van der Waals surface area contributed by atoms with Gasteiger partial charge in [-0.15, -0.1) is 0 Å². The first-order valence-electron chi connectivity index (χ1n) is 6.53. The van der Waals surface area contributed by atoms with Gasteiger partial charge in [0.25, 0.3) is 0 Å². The van der Waals surface area contributed by atoms with E-state index in [1.54, 1.807) is 17.1 Å². The molecule has 0 aliphatic carbocycles. The third kappa shape index (κ3) is 3.93. The molecule has 2 aromatic rings. The highest BCUT2D eigenvalue weighted by molar-refractivity contribution is 9.10. The number of aromatic nitrogens is 4. The minimum atomic E-state index is -0.312. The lowest BCUT2D eigenvalue weighted by Gasteiger charge is -2.12. The summed E-state index contributed by atoms with van der Waals surface area (Å²) in [5, 5.41) is 11.3. The highest BCUT2D eigenvalue weighted by atomic mass is 79.9. The maximum Gasteiger partial charge on any atom is 0.244 e. The van der Waals surface area contributed by atoms with Gasteiger partial charge in [-0.1, -0.05) is 0 Å². The van der Waals surface area contributed by atoms with Crippen molar-refractivity contribution in [2.24, 2.45) is 0 Å². The fraction of sp³-hybridized carbons (Fsp3) is 0.462. The van der Waals surface area contributed by atoms with Gasteiger partial charge in [-0.25, -0.2) is 0 Å². The van der Waals surface area contributed by atoms with Crippen LogP contribution in [-0.4, -0.2) is 32.0 Å². The van der Waals surface area contributed by atoms with Crippen LogP contribution in [0.15, 0.2) is 29.1 Å². The van der Waals surface area contributed by atoms with E-state index >= 15 is 0 Å². The third-order valence-electron chi connectivity index (χ3n) is 2.98. The van der Waals surface area contributed by atoms with Gasteiger partial charge >= 0.3 is 0 Å². The van der Waals surface area contributed by atoms with E-state index in [2.05, 4.69) is 31.4 Å². The molecule has 1 unspecified atom stereocenters. The number of carbonyl (C=O) groups excluding carboxylic acids is 1. The minimum Gasteiger partial charge on any atom is -0.354 e. The van der Waals surface area contributed by atoms with Crippen LogP contribution in [0.25, 0.3) is 0 Å². The number of carbonyl (C=O) groups is 1. The first-order valence-corrected chi connectivity index (χ1v) is 7.33. The lowest BCUT2D eigenvalue weighted by atomic mass is 10.3. The number of amides is 1. The van der Waals surface area contributed by atoms with E-state index in [1.165, 1.54) is 0 Å². The third-order valence-corrected chi connectivity index (χ3v) is 3.39. The first-order chi connectivity index (χ1) is 9.56. The Labute approximate surface area is 126 Å². The lowest BCUT2D eigenvalue weighted by Crippen LogP contribution is -2.32. The van der Waals surface area contributed by atoms with Crippen LogP contribution in [0.1, 0.15) is 25.1 Å². The molecule has 0 aromatic carbocycles. The summed E-state index contributed by atoms with van der Waals surface area (Å²) in [5.74, 6) is -0.0303. The normalized spacial score (nSPS) is 12.3. The zero-order valence-corrected chi connectivity index (χ0v) is 13.2. The number of aryl methyl sites for hydroxylation is 2. The molecule has 7 heteroatoms. The van der Waals surface area contributed by atoms with Gasteiger partial charge in [0.1, 0.15) is 6.04 Å². The molecule has 0 spiro atoms. The average Bonchev–Trinajstić information content (AvgIpc) is 3.02. The molecule has 1 atom stereocenters. The van der Waals surface area contributed by atoms with E-state index in [-0.39, 0.29) is 11.9 Å². The fourth-order valence-electron chi connectivity index (χ4n) is 1.83.